The molecule has 2 fully saturated rings. The first kappa shape index (κ1) is 12.0. The molecule has 2 heterocycles. The normalized spacial score (nSPS) is 25.3. The Morgan fingerprint density at radius 3 is 3.00 bits per heavy atom. The van der Waals surface area contributed by atoms with E-state index in [2.05, 4.69) is 28.9 Å². The van der Waals surface area contributed by atoms with Crippen LogP contribution in [0.15, 0.2) is 18.2 Å². The van der Waals surface area contributed by atoms with Gasteiger partial charge in [-0.1, -0.05) is 12.1 Å². The summed E-state index contributed by atoms with van der Waals surface area (Å²) in [7, 11) is 0. The maximum absolute atomic E-state index is 5.87. The number of piperazine rings is 1. The Morgan fingerprint density at radius 1 is 1.28 bits per heavy atom. The van der Waals surface area contributed by atoms with Crippen LogP contribution in [0, 0.1) is 6.92 Å². The molecule has 3 heteroatoms. The second kappa shape index (κ2) is 4.90. The molecule has 1 aromatic carbocycles. The molecule has 0 aromatic heterocycles. The summed E-state index contributed by atoms with van der Waals surface area (Å²) in [5.41, 5.74) is 9.37. The van der Waals surface area contributed by atoms with Gasteiger partial charge in [-0.05, 0) is 43.5 Å². The summed E-state index contributed by atoms with van der Waals surface area (Å²) < 4.78 is 0. The third kappa shape index (κ3) is 2.38. The van der Waals surface area contributed by atoms with Gasteiger partial charge >= 0.3 is 0 Å². The molecule has 3 nitrogen and oxygen atoms in total. The maximum Gasteiger partial charge on any atom is 0.0343 e. The van der Waals surface area contributed by atoms with Crippen molar-refractivity contribution in [3.05, 3.63) is 29.3 Å². The van der Waals surface area contributed by atoms with Gasteiger partial charge in [0.1, 0.15) is 0 Å². The molecule has 2 saturated heterocycles. The van der Waals surface area contributed by atoms with Crippen molar-refractivity contribution < 1.29 is 0 Å². The number of nitrogens with two attached hydrogens (primary N) is 1. The van der Waals surface area contributed by atoms with Crippen LogP contribution in [-0.4, -0.2) is 42.0 Å². The van der Waals surface area contributed by atoms with Crippen LogP contribution in [0.25, 0.3) is 0 Å². The van der Waals surface area contributed by atoms with Crippen molar-refractivity contribution >= 4 is 5.69 Å². The molecule has 1 aromatic rings. The van der Waals surface area contributed by atoms with E-state index in [1.165, 1.54) is 50.1 Å². The molecule has 3 rings (SSSR count). The fraction of sp³-hybridized carbons (Fsp3) is 0.600. The molecular weight excluding hydrogens is 222 g/mol. The van der Waals surface area contributed by atoms with E-state index in [1.807, 2.05) is 6.07 Å². The molecule has 98 valence electrons. The van der Waals surface area contributed by atoms with E-state index in [-0.39, 0.29) is 0 Å². The monoisotopic (exact) mass is 245 g/mol. The lowest BCUT2D eigenvalue weighted by Gasteiger charge is -2.37. The number of rotatable bonds is 2. The molecule has 0 amide bonds. The lowest BCUT2D eigenvalue weighted by molar-refractivity contribution is 0.0994. The molecule has 18 heavy (non-hydrogen) atoms. The first-order valence-corrected chi connectivity index (χ1v) is 7.04. The van der Waals surface area contributed by atoms with E-state index in [1.54, 1.807) is 0 Å². The minimum atomic E-state index is 0.814. The highest BCUT2D eigenvalue weighted by molar-refractivity contribution is 5.47. The van der Waals surface area contributed by atoms with Gasteiger partial charge in [0.15, 0.2) is 0 Å². The average molecular weight is 245 g/mol. The molecule has 0 aliphatic carbocycles. The zero-order valence-corrected chi connectivity index (χ0v) is 11.2. The number of hydrogen-bond donors (Lipinski definition) is 1. The molecule has 0 bridgehead atoms. The molecular formula is C15H23N3. The first-order valence-electron chi connectivity index (χ1n) is 7.04. The van der Waals surface area contributed by atoms with Crippen molar-refractivity contribution in [2.75, 3.05) is 31.9 Å². The van der Waals surface area contributed by atoms with E-state index in [4.69, 9.17) is 5.73 Å². The van der Waals surface area contributed by atoms with Gasteiger partial charge in [-0.3, -0.25) is 9.80 Å². The lowest BCUT2D eigenvalue weighted by Crippen LogP contribution is -2.49. The number of benzene rings is 1. The average Bonchev–Trinajstić information content (AvgIpc) is 2.81. The predicted molar refractivity (Wildman–Crippen MR) is 75.5 cm³/mol. The molecule has 1 unspecified atom stereocenters. The van der Waals surface area contributed by atoms with Gasteiger partial charge in [0, 0.05) is 37.9 Å². The van der Waals surface area contributed by atoms with Crippen molar-refractivity contribution in [2.24, 2.45) is 0 Å². The minimum absolute atomic E-state index is 0.814. The fourth-order valence-electron chi connectivity index (χ4n) is 3.29. The zero-order chi connectivity index (χ0) is 12.5. The number of anilines is 1. The predicted octanol–water partition coefficient (Wildman–Crippen LogP) is 1.86. The Bertz CT molecular complexity index is 430. The number of nitrogens with zero attached hydrogens (tertiary/aromatic N) is 2. The SMILES string of the molecule is Cc1cc(CN2CCN3CCCC3C2)ccc1N. The summed E-state index contributed by atoms with van der Waals surface area (Å²) in [5.74, 6) is 0. The van der Waals surface area contributed by atoms with Gasteiger partial charge < -0.3 is 5.73 Å². The van der Waals surface area contributed by atoms with Crippen LogP contribution in [0.5, 0.6) is 0 Å². The number of fused-ring (bicyclic) bond motifs is 1. The smallest absolute Gasteiger partial charge is 0.0343 e. The van der Waals surface area contributed by atoms with Crippen molar-refractivity contribution in [1.29, 1.82) is 0 Å². The molecule has 0 saturated carbocycles. The number of nitrogen functional groups attached to an aromatic ring is 1. The Balaban J connectivity index is 1.64. The van der Waals surface area contributed by atoms with Crippen LogP contribution in [0.3, 0.4) is 0 Å². The van der Waals surface area contributed by atoms with Crippen LogP contribution in [-0.2, 0) is 6.54 Å². The second-order valence-electron chi connectivity index (χ2n) is 5.76. The van der Waals surface area contributed by atoms with Crippen LogP contribution in [0.2, 0.25) is 0 Å². The Morgan fingerprint density at radius 2 is 2.17 bits per heavy atom. The van der Waals surface area contributed by atoms with E-state index in [0.29, 0.717) is 0 Å². The van der Waals surface area contributed by atoms with Crippen molar-refractivity contribution in [2.45, 2.75) is 32.4 Å². The van der Waals surface area contributed by atoms with Crippen LogP contribution in [0.1, 0.15) is 24.0 Å². The fourth-order valence-corrected chi connectivity index (χ4v) is 3.29. The van der Waals surface area contributed by atoms with Crippen molar-refractivity contribution in [3.63, 3.8) is 0 Å². The van der Waals surface area contributed by atoms with Crippen LogP contribution in [0.4, 0.5) is 5.69 Å². The van der Waals surface area contributed by atoms with E-state index in [9.17, 15) is 0 Å². The summed E-state index contributed by atoms with van der Waals surface area (Å²) in [4.78, 5) is 5.25. The summed E-state index contributed by atoms with van der Waals surface area (Å²) in [6.07, 6.45) is 2.77. The van der Waals surface area contributed by atoms with Crippen molar-refractivity contribution in [3.8, 4) is 0 Å². The minimum Gasteiger partial charge on any atom is -0.399 e. The number of aryl methyl sites for hydroxylation is 1. The third-order valence-electron chi connectivity index (χ3n) is 4.41. The van der Waals surface area contributed by atoms with Gasteiger partial charge in [0.25, 0.3) is 0 Å². The summed E-state index contributed by atoms with van der Waals surface area (Å²) in [6, 6.07) is 7.25. The lowest BCUT2D eigenvalue weighted by atomic mass is 10.1. The summed E-state index contributed by atoms with van der Waals surface area (Å²) in [6.45, 7) is 8.18. The quantitative estimate of drug-likeness (QED) is 0.807. The van der Waals surface area contributed by atoms with Crippen LogP contribution >= 0.6 is 0 Å². The zero-order valence-electron chi connectivity index (χ0n) is 11.2. The highest BCUT2D eigenvalue weighted by Crippen LogP contribution is 2.23. The summed E-state index contributed by atoms with van der Waals surface area (Å²) in [5, 5.41) is 0. The molecule has 0 spiro atoms. The summed E-state index contributed by atoms with van der Waals surface area (Å²) >= 11 is 0. The molecule has 2 N–H and O–H groups in total. The van der Waals surface area contributed by atoms with Gasteiger partial charge in [0.05, 0.1) is 0 Å². The number of hydrogen-bond acceptors (Lipinski definition) is 3. The molecule has 1 atom stereocenters. The highest BCUT2D eigenvalue weighted by atomic mass is 15.3. The van der Waals surface area contributed by atoms with Gasteiger partial charge in [-0.15, -0.1) is 0 Å². The molecule has 0 radical (unpaired) electrons. The maximum atomic E-state index is 5.87. The van der Waals surface area contributed by atoms with Crippen LogP contribution < -0.4 is 5.73 Å². The Labute approximate surface area is 110 Å². The first-order chi connectivity index (χ1) is 8.72. The Hall–Kier alpha value is -1.06. The Kier molecular flexibility index (Phi) is 3.27. The molecule has 2 aliphatic heterocycles. The molecule has 2 aliphatic rings. The topological polar surface area (TPSA) is 32.5 Å². The van der Waals surface area contributed by atoms with E-state index < -0.39 is 0 Å². The standard InChI is InChI=1S/C15H23N3/c1-12-9-13(4-5-15(12)16)10-17-7-8-18-6-2-3-14(18)11-17/h4-5,9,14H,2-3,6-8,10-11,16H2,1H3. The van der Waals surface area contributed by atoms with Gasteiger partial charge in [0.2, 0.25) is 0 Å². The largest absolute Gasteiger partial charge is 0.399 e. The second-order valence-corrected chi connectivity index (χ2v) is 5.76. The van der Waals surface area contributed by atoms with E-state index >= 15 is 0 Å². The van der Waals surface area contributed by atoms with E-state index in [0.717, 1.165) is 18.3 Å². The van der Waals surface area contributed by atoms with Gasteiger partial charge in [-0.25, -0.2) is 0 Å². The van der Waals surface area contributed by atoms with Gasteiger partial charge in [-0.2, -0.15) is 0 Å². The third-order valence-corrected chi connectivity index (χ3v) is 4.41. The highest BCUT2D eigenvalue weighted by Gasteiger charge is 2.30. The van der Waals surface area contributed by atoms with Crippen molar-refractivity contribution in [1.82, 2.24) is 9.80 Å².